The molecule has 0 radical (unpaired) electrons. The molecule has 0 N–H and O–H groups in total. The molecule has 0 aliphatic rings. The molecule has 6 heteroatoms. The van der Waals surface area contributed by atoms with E-state index in [0.29, 0.717) is 17.1 Å². The molecule has 4 nitrogen and oxygen atoms in total. The average Bonchev–Trinajstić information content (AvgIpc) is 2.61. The van der Waals surface area contributed by atoms with Gasteiger partial charge in [-0.25, -0.2) is 8.78 Å². The molecule has 25 heavy (non-hydrogen) atoms. The van der Waals surface area contributed by atoms with Gasteiger partial charge in [-0.3, -0.25) is 4.79 Å². The molecule has 1 amide bonds. The van der Waals surface area contributed by atoms with Crippen molar-refractivity contribution in [1.82, 2.24) is 4.90 Å². The van der Waals surface area contributed by atoms with E-state index in [1.165, 1.54) is 18.1 Å². The summed E-state index contributed by atoms with van der Waals surface area (Å²) >= 11 is 0. The molecule has 0 saturated carbocycles. The lowest BCUT2D eigenvalue weighted by Gasteiger charge is -2.25. The van der Waals surface area contributed by atoms with Gasteiger partial charge in [0.1, 0.15) is 0 Å². The Bertz CT molecular complexity index is 764. The monoisotopic (exact) mass is 349 g/mol. The first-order valence-electron chi connectivity index (χ1n) is 7.81. The van der Waals surface area contributed by atoms with E-state index in [0.717, 1.165) is 17.7 Å². The molecule has 2 aromatic carbocycles. The van der Waals surface area contributed by atoms with Gasteiger partial charge in [-0.15, -0.1) is 0 Å². The van der Waals surface area contributed by atoms with Crippen molar-refractivity contribution in [2.24, 2.45) is 0 Å². The number of hydrogen-bond donors (Lipinski definition) is 0. The Balaban J connectivity index is 2.03. The van der Waals surface area contributed by atoms with E-state index in [4.69, 9.17) is 9.47 Å². The summed E-state index contributed by atoms with van der Waals surface area (Å²) in [7, 11) is 3.12. The van der Waals surface area contributed by atoms with Crippen LogP contribution in [0.1, 0.15) is 24.1 Å². The zero-order chi connectivity index (χ0) is 18.6. The predicted octanol–water partition coefficient (Wildman–Crippen LogP) is 3.88. The minimum atomic E-state index is -0.939. The Morgan fingerprint density at radius 3 is 2.48 bits per heavy atom. The van der Waals surface area contributed by atoms with E-state index in [2.05, 4.69) is 0 Å². The molecular formula is C19H21F2NO3. The van der Waals surface area contributed by atoms with Crippen molar-refractivity contribution < 1.29 is 23.0 Å². The number of carbonyl (C=O) groups excluding carboxylic acids is 1. The normalized spacial score (nSPS) is 11.8. The van der Waals surface area contributed by atoms with Gasteiger partial charge >= 0.3 is 0 Å². The van der Waals surface area contributed by atoms with Gasteiger partial charge in [-0.2, -0.15) is 0 Å². The quantitative estimate of drug-likeness (QED) is 0.794. The molecule has 1 unspecified atom stereocenters. The molecular weight excluding hydrogens is 328 g/mol. The Hall–Kier alpha value is -2.63. The van der Waals surface area contributed by atoms with Crippen molar-refractivity contribution in [3.8, 4) is 11.5 Å². The molecule has 0 aromatic heterocycles. The van der Waals surface area contributed by atoms with E-state index in [9.17, 15) is 13.6 Å². The highest BCUT2D eigenvalue weighted by atomic mass is 19.2. The van der Waals surface area contributed by atoms with Crippen LogP contribution in [0.15, 0.2) is 36.4 Å². The van der Waals surface area contributed by atoms with Gasteiger partial charge in [-0.1, -0.05) is 12.1 Å². The standard InChI is InChI=1S/C19H21F2NO3/c1-12-5-8-17(18(9-12)24-4)25-11-19(23)22(3)13(2)14-6-7-15(20)16(21)10-14/h5-10,13H,11H2,1-4H3. The third kappa shape index (κ3) is 4.47. The van der Waals surface area contributed by atoms with Gasteiger partial charge in [-0.05, 0) is 49.2 Å². The maximum absolute atomic E-state index is 13.4. The summed E-state index contributed by atoms with van der Waals surface area (Å²) in [4.78, 5) is 13.8. The Labute approximate surface area is 146 Å². The minimum Gasteiger partial charge on any atom is -0.493 e. The number of halogens is 2. The molecule has 0 aliphatic carbocycles. The van der Waals surface area contributed by atoms with Crippen LogP contribution < -0.4 is 9.47 Å². The van der Waals surface area contributed by atoms with Gasteiger partial charge in [0.2, 0.25) is 0 Å². The first-order chi connectivity index (χ1) is 11.8. The van der Waals surface area contributed by atoms with Crippen molar-refractivity contribution in [3.05, 3.63) is 59.2 Å². The number of hydrogen-bond acceptors (Lipinski definition) is 3. The van der Waals surface area contributed by atoms with Crippen LogP contribution in [0.3, 0.4) is 0 Å². The lowest BCUT2D eigenvalue weighted by Crippen LogP contribution is -2.33. The van der Waals surface area contributed by atoms with Gasteiger partial charge < -0.3 is 14.4 Å². The smallest absolute Gasteiger partial charge is 0.260 e. The lowest BCUT2D eigenvalue weighted by molar-refractivity contribution is -0.134. The number of methoxy groups -OCH3 is 1. The number of carbonyl (C=O) groups is 1. The summed E-state index contributed by atoms with van der Waals surface area (Å²) in [6.45, 7) is 3.47. The number of amides is 1. The second-order valence-corrected chi connectivity index (χ2v) is 5.80. The van der Waals surface area contributed by atoms with Gasteiger partial charge in [0, 0.05) is 7.05 Å². The fourth-order valence-electron chi connectivity index (χ4n) is 2.35. The fraction of sp³-hybridized carbons (Fsp3) is 0.316. The number of likely N-dealkylation sites (N-methyl/N-ethyl adjacent to an activating group) is 1. The van der Waals surface area contributed by atoms with Crippen LogP contribution in [0.2, 0.25) is 0 Å². The van der Waals surface area contributed by atoms with Crippen LogP contribution in [0.25, 0.3) is 0 Å². The van der Waals surface area contributed by atoms with Crippen molar-refractivity contribution in [1.29, 1.82) is 0 Å². The van der Waals surface area contributed by atoms with Crippen LogP contribution >= 0.6 is 0 Å². The zero-order valence-electron chi connectivity index (χ0n) is 14.7. The van der Waals surface area contributed by atoms with Gasteiger partial charge in [0.25, 0.3) is 5.91 Å². The Morgan fingerprint density at radius 2 is 1.84 bits per heavy atom. The Kier molecular flexibility index (Phi) is 5.96. The van der Waals surface area contributed by atoms with E-state index >= 15 is 0 Å². The zero-order valence-corrected chi connectivity index (χ0v) is 14.7. The molecule has 0 aliphatic heterocycles. The summed E-state index contributed by atoms with van der Waals surface area (Å²) in [5.74, 6) is -1.13. The largest absolute Gasteiger partial charge is 0.493 e. The van der Waals surface area contributed by atoms with Crippen LogP contribution in [-0.2, 0) is 4.79 Å². The van der Waals surface area contributed by atoms with E-state index in [-0.39, 0.29) is 12.5 Å². The molecule has 0 fully saturated rings. The topological polar surface area (TPSA) is 38.8 Å². The summed E-state index contributed by atoms with van der Waals surface area (Å²) in [6, 6.07) is 8.58. The molecule has 0 bridgehead atoms. The number of rotatable bonds is 6. The van der Waals surface area contributed by atoms with Crippen LogP contribution in [-0.4, -0.2) is 31.6 Å². The molecule has 134 valence electrons. The molecule has 0 heterocycles. The van der Waals surface area contributed by atoms with Crippen LogP contribution in [0.5, 0.6) is 11.5 Å². The van der Waals surface area contributed by atoms with Crippen molar-refractivity contribution in [2.45, 2.75) is 19.9 Å². The number of benzene rings is 2. The highest BCUT2D eigenvalue weighted by molar-refractivity contribution is 5.78. The second kappa shape index (κ2) is 7.96. The fourth-order valence-corrected chi connectivity index (χ4v) is 2.35. The second-order valence-electron chi connectivity index (χ2n) is 5.80. The number of aryl methyl sites for hydroxylation is 1. The summed E-state index contributed by atoms with van der Waals surface area (Å²) < 4.78 is 37.2. The van der Waals surface area contributed by atoms with E-state index in [1.54, 1.807) is 20.0 Å². The Morgan fingerprint density at radius 1 is 1.12 bits per heavy atom. The van der Waals surface area contributed by atoms with Crippen molar-refractivity contribution in [3.63, 3.8) is 0 Å². The third-order valence-corrected chi connectivity index (χ3v) is 4.07. The maximum atomic E-state index is 13.4. The summed E-state index contributed by atoms with van der Waals surface area (Å²) in [6.07, 6.45) is 0. The molecule has 0 saturated heterocycles. The van der Waals surface area contributed by atoms with Crippen LogP contribution in [0.4, 0.5) is 8.78 Å². The lowest BCUT2D eigenvalue weighted by atomic mass is 10.1. The number of nitrogens with zero attached hydrogens (tertiary/aromatic N) is 1. The average molecular weight is 349 g/mol. The van der Waals surface area contributed by atoms with E-state index in [1.807, 2.05) is 19.1 Å². The van der Waals surface area contributed by atoms with Gasteiger partial charge in [0.15, 0.2) is 29.7 Å². The first-order valence-corrected chi connectivity index (χ1v) is 7.81. The molecule has 0 spiro atoms. The third-order valence-electron chi connectivity index (χ3n) is 4.07. The number of ether oxygens (including phenoxy) is 2. The predicted molar refractivity (Wildman–Crippen MR) is 90.8 cm³/mol. The van der Waals surface area contributed by atoms with Crippen LogP contribution in [0, 0.1) is 18.6 Å². The first kappa shape index (κ1) is 18.7. The highest BCUT2D eigenvalue weighted by Crippen LogP contribution is 2.28. The minimum absolute atomic E-state index is 0.191. The summed E-state index contributed by atoms with van der Waals surface area (Å²) in [5, 5.41) is 0. The molecule has 2 rings (SSSR count). The van der Waals surface area contributed by atoms with E-state index < -0.39 is 17.7 Å². The SMILES string of the molecule is COc1cc(C)ccc1OCC(=O)N(C)C(C)c1ccc(F)c(F)c1. The summed E-state index contributed by atoms with van der Waals surface area (Å²) in [5.41, 5.74) is 1.52. The van der Waals surface area contributed by atoms with Gasteiger partial charge in [0.05, 0.1) is 13.2 Å². The molecule has 2 aromatic rings. The van der Waals surface area contributed by atoms with Crippen molar-refractivity contribution in [2.75, 3.05) is 20.8 Å². The highest BCUT2D eigenvalue weighted by Gasteiger charge is 2.19. The maximum Gasteiger partial charge on any atom is 0.260 e. The molecule has 1 atom stereocenters. The van der Waals surface area contributed by atoms with Crippen molar-refractivity contribution >= 4 is 5.91 Å².